The van der Waals surface area contributed by atoms with E-state index in [-0.39, 0.29) is 10.7 Å². The first kappa shape index (κ1) is 7.96. The van der Waals surface area contributed by atoms with E-state index >= 15 is 0 Å². The first-order valence-electron chi connectivity index (χ1n) is 2.67. The van der Waals surface area contributed by atoms with Crippen molar-refractivity contribution in [3.8, 4) is 0 Å². The normalized spacial score (nSPS) is 9.27. The molecule has 0 saturated carbocycles. The summed E-state index contributed by atoms with van der Waals surface area (Å²) in [5, 5.41) is -0.239. The van der Waals surface area contributed by atoms with Crippen molar-refractivity contribution in [1.29, 1.82) is 0 Å². The monoisotopic (exact) mass is 173 g/mol. The summed E-state index contributed by atoms with van der Waals surface area (Å²) in [6.07, 6.45) is 0. The van der Waals surface area contributed by atoms with Crippen LogP contribution in [0.1, 0.15) is 0 Å². The van der Waals surface area contributed by atoms with Crippen LogP contribution in [0.3, 0.4) is 0 Å². The Hall–Kier alpha value is -1.14. The number of rotatable bonds is 0. The lowest BCUT2D eigenvalue weighted by atomic mass is 10.3. The molecular weight excluding hydrogens is 172 g/mol. The summed E-state index contributed by atoms with van der Waals surface area (Å²) in [7, 11) is 0. The van der Waals surface area contributed by atoms with E-state index in [4.69, 9.17) is 18.2 Å². The van der Waals surface area contributed by atoms with Crippen LogP contribution in [0.4, 0.5) is 14.5 Å². The highest BCUT2D eigenvalue weighted by molar-refractivity contribution is 6.31. The smallest absolute Gasteiger partial charge is 0.223 e. The predicted octanol–water partition coefficient (Wildman–Crippen LogP) is 3.17. The average molecular weight is 174 g/mol. The molecule has 0 radical (unpaired) electrons. The third-order valence-electron chi connectivity index (χ3n) is 1.11. The van der Waals surface area contributed by atoms with Crippen molar-refractivity contribution >= 4 is 17.3 Å². The van der Waals surface area contributed by atoms with E-state index in [1.807, 2.05) is 0 Å². The molecule has 0 spiro atoms. The maximum atomic E-state index is 12.5. The molecular formula is C7H2ClF2N. The zero-order valence-corrected chi connectivity index (χ0v) is 5.99. The van der Waals surface area contributed by atoms with Crippen LogP contribution in [0.25, 0.3) is 4.85 Å². The van der Waals surface area contributed by atoms with Gasteiger partial charge in [-0.3, -0.25) is 0 Å². The van der Waals surface area contributed by atoms with Gasteiger partial charge in [-0.15, -0.1) is 0 Å². The minimum atomic E-state index is -0.887. The second kappa shape index (κ2) is 2.85. The van der Waals surface area contributed by atoms with Crippen LogP contribution in [-0.2, 0) is 0 Å². The fraction of sp³-hybridized carbons (Fsp3) is 0. The molecule has 1 rings (SSSR count). The first-order valence-corrected chi connectivity index (χ1v) is 3.05. The Morgan fingerprint density at radius 2 is 1.91 bits per heavy atom. The van der Waals surface area contributed by atoms with Crippen LogP contribution in [0.15, 0.2) is 12.1 Å². The van der Waals surface area contributed by atoms with Gasteiger partial charge in [0.2, 0.25) is 5.69 Å². The van der Waals surface area contributed by atoms with Crippen LogP contribution in [-0.4, -0.2) is 0 Å². The molecule has 1 aromatic rings. The van der Waals surface area contributed by atoms with Crippen molar-refractivity contribution < 1.29 is 8.78 Å². The number of hydrogen-bond acceptors (Lipinski definition) is 0. The van der Waals surface area contributed by atoms with Gasteiger partial charge in [-0.05, 0) is 6.07 Å². The SMILES string of the molecule is [C-]#[N+]c1cc(Cl)c(F)cc1F. The Morgan fingerprint density at radius 1 is 1.27 bits per heavy atom. The molecule has 0 N–H and O–H groups in total. The highest BCUT2D eigenvalue weighted by Gasteiger charge is 2.06. The molecule has 0 aliphatic heterocycles. The van der Waals surface area contributed by atoms with Crippen molar-refractivity contribution in [2.24, 2.45) is 0 Å². The van der Waals surface area contributed by atoms with Gasteiger partial charge >= 0.3 is 0 Å². The first-order chi connectivity index (χ1) is 5.15. The van der Waals surface area contributed by atoms with Gasteiger partial charge < -0.3 is 0 Å². The van der Waals surface area contributed by atoms with E-state index in [1.165, 1.54) is 0 Å². The molecule has 1 aromatic carbocycles. The van der Waals surface area contributed by atoms with Gasteiger partial charge in [0.05, 0.1) is 11.6 Å². The van der Waals surface area contributed by atoms with Crippen LogP contribution in [0, 0.1) is 18.2 Å². The highest BCUT2D eigenvalue weighted by atomic mass is 35.5. The Bertz CT molecular complexity index is 330. The van der Waals surface area contributed by atoms with Gasteiger partial charge in [0.15, 0.2) is 0 Å². The molecule has 0 heterocycles. The number of nitrogens with zero attached hydrogens (tertiary/aromatic N) is 1. The average Bonchev–Trinajstić information content (AvgIpc) is 1.97. The van der Waals surface area contributed by atoms with Gasteiger partial charge in [0.1, 0.15) is 11.6 Å². The molecule has 0 amide bonds. The summed E-state index contributed by atoms with van der Waals surface area (Å²) < 4.78 is 24.9. The van der Waals surface area contributed by atoms with Crippen LogP contribution in [0.5, 0.6) is 0 Å². The summed E-state index contributed by atoms with van der Waals surface area (Å²) in [5.74, 6) is -1.74. The van der Waals surface area contributed by atoms with E-state index < -0.39 is 11.6 Å². The van der Waals surface area contributed by atoms with Crippen LogP contribution < -0.4 is 0 Å². The Labute approximate surface area is 67.0 Å². The number of hydrogen-bond donors (Lipinski definition) is 0. The minimum Gasteiger partial charge on any atom is -0.235 e. The Morgan fingerprint density at radius 3 is 2.45 bits per heavy atom. The van der Waals surface area contributed by atoms with Gasteiger partial charge in [-0.1, -0.05) is 11.6 Å². The quantitative estimate of drug-likeness (QED) is 0.419. The summed E-state index contributed by atoms with van der Waals surface area (Å²) in [6.45, 7) is 6.46. The summed E-state index contributed by atoms with van der Waals surface area (Å²) >= 11 is 5.28. The van der Waals surface area contributed by atoms with E-state index in [1.54, 1.807) is 0 Å². The molecule has 0 saturated heterocycles. The molecule has 56 valence electrons. The largest absolute Gasteiger partial charge is 0.235 e. The van der Waals surface area contributed by atoms with Crippen molar-refractivity contribution in [2.75, 3.05) is 0 Å². The van der Waals surface area contributed by atoms with Crippen LogP contribution >= 0.6 is 11.6 Å². The number of benzene rings is 1. The minimum absolute atomic E-state index is 0.239. The van der Waals surface area contributed by atoms with Crippen molar-refractivity contribution in [3.63, 3.8) is 0 Å². The third-order valence-corrected chi connectivity index (χ3v) is 1.40. The molecule has 0 aromatic heterocycles. The third kappa shape index (κ3) is 1.47. The molecule has 0 unspecified atom stereocenters. The molecule has 0 bridgehead atoms. The molecule has 11 heavy (non-hydrogen) atoms. The van der Waals surface area contributed by atoms with Crippen molar-refractivity contribution in [2.45, 2.75) is 0 Å². The standard InChI is InChI=1S/C7H2ClF2N/c1-11-7-2-4(8)5(9)3-6(7)10/h2-3H. The molecule has 0 aliphatic rings. The van der Waals surface area contributed by atoms with E-state index in [9.17, 15) is 8.78 Å². The predicted molar refractivity (Wildman–Crippen MR) is 37.6 cm³/mol. The van der Waals surface area contributed by atoms with Gasteiger partial charge in [-0.25, -0.2) is 13.6 Å². The summed E-state index contributed by atoms with van der Waals surface area (Å²) in [4.78, 5) is 2.80. The fourth-order valence-electron chi connectivity index (χ4n) is 0.598. The molecule has 1 nitrogen and oxygen atoms in total. The van der Waals surface area contributed by atoms with Crippen LogP contribution in [0.2, 0.25) is 5.02 Å². The molecule has 0 fully saturated rings. The van der Waals surface area contributed by atoms with Gasteiger partial charge in [0.25, 0.3) is 0 Å². The second-order valence-corrected chi connectivity index (χ2v) is 2.24. The van der Waals surface area contributed by atoms with E-state index in [0.717, 1.165) is 6.07 Å². The lowest BCUT2D eigenvalue weighted by molar-refractivity contribution is 0.587. The van der Waals surface area contributed by atoms with E-state index in [2.05, 4.69) is 4.85 Å². The Kier molecular flexibility index (Phi) is 2.06. The van der Waals surface area contributed by atoms with E-state index in [0.29, 0.717) is 6.07 Å². The summed E-state index contributed by atoms with van der Waals surface area (Å²) in [6, 6.07) is 1.55. The highest BCUT2D eigenvalue weighted by Crippen LogP contribution is 2.24. The number of halogens is 3. The Balaban J connectivity index is 3.35. The zero-order valence-electron chi connectivity index (χ0n) is 5.24. The summed E-state index contributed by atoms with van der Waals surface area (Å²) in [5.41, 5.74) is -0.267. The maximum Gasteiger partial charge on any atom is 0.223 e. The molecule has 0 atom stereocenters. The maximum absolute atomic E-state index is 12.5. The molecule has 4 heteroatoms. The lowest BCUT2D eigenvalue weighted by Gasteiger charge is -1.95. The van der Waals surface area contributed by atoms with Crippen molar-refractivity contribution in [1.82, 2.24) is 0 Å². The van der Waals surface area contributed by atoms with Gasteiger partial charge in [-0.2, -0.15) is 0 Å². The van der Waals surface area contributed by atoms with Crippen molar-refractivity contribution in [3.05, 3.63) is 40.2 Å². The topological polar surface area (TPSA) is 4.36 Å². The van der Waals surface area contributed by atoms with Gasteiger partial charge in [0, 0.05) is 6.07 Å². The zero-order chi connectivity index (χ0) is 8.43. The fourth-order valence-corrected chi connectivity index (χ4v) is 0.756. The lowest BCUT2D eigenvalue weighted by Crippen LogP contribution is -1.80. The second-order valence-electron chi connectivity index (χ2n) is 1.83. The molecule has 0 aliphatic carbocycles.